The highest BCUT2D eigenvalue weighted by atomic mass is 19.4. The average molecular weight is 283 g/mol. The fourth-order valence-electron chi connectivity index (χ4n) is 1.81. The van der Waals surface area contributed by atoms with Crippen LogP contribution < -0.4 is 26.1 Å². The zero-order valence-electron chi connectivity index (χ0n) is 9.87. The Morgan fingerprint density at radius 1 is 1.30 bits per heavy atom. The molecular formula is C11H8F3N5O. The van der Waals surface area contributed by atoms with Crippen LogP contribution in [-0.2, 0) is 6.18 Å². The van der Waals surface area contributed by atoms with E-state index in [9.17, 15) is 18.4 Å². The lowest BCUT2D eigenvalue weighted by Gasteiger charge is -2.22. The van der Waals surface area contributed by atoms with Gasteiger partial charge in [-0.25, -0.2) is 9.66 Å². The number of alkyl halides is 3. The van der Waals surface area contributed by atoms with Gasteiger partial charge in [0.2, 0.25) is 0 Å². The number of nitrogens with one attached hydrogen (secondary N) is 1. The monoisotopic (exact) mass is 283 g/mol. The predicted octanol–water partition coefficient (Wildman–Crippen LogP) is -0.300. The molecule has 0 fully saturated rings. The van der Waals surface area contributed by atoms with Crippen molar-refractivity contribution in [1.82, 2.24) is 20.0 Å². The Morgan fingerprint density at radius 3 is 2.75 bits per heavy atom. The molecule has 9 heteroatoms. The van der Waals surface area contributed by atoms with Gasteiger partial charge in [0.25, 0.3) is 5.36 Å². The minimum absolute atomic E-state index is 0.101. The molecule has 0 atom stereocenters. The van der Waals surface area contributed by atoms with Crippen LogP contribution in [-0.4, -0.2) is 9.66 Å². The lowest BCUT2D eigenvalue weighted by Crippen LogP contribution is -2.59. The molecule has 0 bridgehead atoms. The SMILES string of the molecule is [O-][N+]1=c2cc(C(F)(F)F)ccc2=CN(n2ccnc2)N1. The Kier molecular flexibility index (Phi) is 2.56. The summed E-state index contributed by atoms with van der Waals surface area (Å²) >= 11 is 0. The maximum atomic E-state index is 12.6. The van der Waals surface area contributed by atoms with Gasteiger partial charge in [-0.15, -0.1) is 5.12 Å². The van der Waals surface area contributed by atoms with Gasteiger partial charge in [0, 0.05) is 18.5 Å². The summed E-state index contributed by atoms with van der Waals surface area (Å²) in [6, 6.07) is 2.98. The zero-order valence-corrected chi connectivity index (χ0v) is 9.87. The minimum Gasteiger partial charge on any atom is -0.594 e. The molecule has 0 amide bonds. The van der Waals surface area contributed by atoms with Crippen molar-refractivity contribution in [3.05, 3.63) is 58.3 Å². The molecule has 2 aromatic rings. The standard InChI is InChI=1S/C11H8F3N5O/c12-11(13,14)9-2-1-8-6-18(17-4-3-15-7-17)16-19(20)10(8)5-9/h1-7,16H. The smallest absolute Gasteiger partial charge is 0.416 e. The van der Waals surface area contributed by atoms with Crippen molar-refractivity contribution in [3.8, 4) is 0 Å². The molecule has 0 saturated carbocycles. The first kappa shape index (κ1) is 12.3. The van der Waals surface area contributed by atoms with Gasteiger partial charge >= 0.3 is 6.18 Å². The lowest BCUT2D eigenvalue weighted by molar-refractivity contribution is -0.137. The van der Waals surface area contributed by atoms with E-state index in [0.717, 1.165) is 12.1 Å². The summed E-state index contributed by atoms with van der Waals surface area (Å²) in [6.07, 6.45) is 1.52. The van der Waals surface area contributed by atoms with Gasteiger partial charge < -0.3 is 5.21 Å². The van der Waals surface area contributed by atoms with E-state index in [-0.39, 0.29) is 10.2 Å². The molecule has 0 aliphatic carbocycles. The Hall–Kier alpha value is -2.71. The molecule has 1 N–H and O–H groups in total. The van der Waals surface area contributed by atoms with Crippen LogP contribution >= 0.6 is 0 Å². The van der Waals surface area contributed by atoms with Gasteiger partial charge in [-0.1, -0.05) is 10.4 Å². The number of hydrogen-bond acceptors (Lipinski definition) is 4. The van der Waals surface area contributed by atoms with Crippen molar-refractivity contribution in [1.29, 1.82) is 0 Å². The second-order valence-electron chi connectivity index (χ2n) is 4.08. The second kappa shape index (κ2) is 4.15. The number of hydrogen-bond donors (Lipinski definition) is 1. The molecule has 1 aliphatic heterocycles. The molecule has 104 valence electrons. The fraction of sp³-hybridized carbons (Fsp3) is 0.0909. The highest BCUT2D eigenvalue weighted by molar-refractivity contribution is 5.35. The third kappa shape index (κ3) is 2.02. The van der Waals surface area contributed by atoms with E-state index < -0.39 is 11.7 Å². The van der Waals surface area contributed by atoms with E-state index in [0.29, 0.717) is 5.22 Å². The van der Waals surface area contributed by atoms with Gasteiger partial charge in [-0.05, 0) is 12.1 Å². The van der Waals surface area contributed by atoms with Crippen molar-refractivity contribution in [3.63, 3.8) is 0 Å². The molecule has 0 radical (unpaired) electrons. The number of hydrazine groups is 2. The largest absolute Gasteiger partial charge is 0.594 e. The number of rotatable bonds is 1. The van der Waals surface area contributed by atoms with Crippen molar-refractivity contribution < 1.29 is 13.2 Å². The predicted molar refractivity (Wildman–Crippen MR) is 63.3 cm³/mol. The fourth-order valence-corrected chi connectivity index (χ4v) is 1.81. The van der Waals surface area contributed by atoms with Crippen LogP contribution in [0.5, 0.6) is 0 Å². The highest BCUT2D eigenvalue weighted by Gasteiger charge is 2.31. The van der Waals surface area contributed by atoms with Crippen molar-refractivity contribution >= 4 is 6.20 Å². The third-order valence-electron chi connectivity index (χ3n) is 2.77. The molecule has 6 nitrogen and oxygen atoms in total. The van der Waals surface area contributed by atoms with E-state index in [4.69, 9.17) is 0 Å². The van der Waals surface area contributed by atoms with Crippen molar-refractivity contribution in [2.75, 3.05) is 5.12 Å². The summed E-state index contributed by atoms with van der Waals surface area (Å²) in [7, 11) is 0. The van der Waals surface area contributed by atoms with Gasteiger partial charge in [0.15, 0.2) is 0 Å². The van der Waals surface area contributed by atoms with Gasteiger partial charge in [-0.3, -0.25) is 0 Å². The lowest BCUT2D eigenvalue weighted by atomic mass is 10.2. The zero-order chi connectivity index (χ0) is 14.3. The molecule has 0 unspecified atom stereocenters. The number of benzene rings is 1. The second-order valence-corrected chi connectivity index (χ2v) is 4.08. The molecule has 1 aromatic heterocycles. The maximum Gasteiger partial charge on any atom is 0.416 e. The molecule has 1 aromatic carbocycles. The van der Waals surface area contributed by atoms with Gasteiger partial charge in [0.1, 0.15) is 6.33 Å². The molecule has 20 heavy (non-hydrogen) atoms. The van der Waals surface area contributed by atoms with Crippen molar-refractivity contribution in [2.45, 2.75) is 6.18 Å². The highest BCUT2D eigenvalue weighted by Crippen LogP contribution is 2.27. The average Bonchev–Trinajstić information content (AvgIpc) is 2.91. The summed E-state index contributed by atoms with van der Waals surface area (Å²) in [5.41, 5.74) is 1.49. The normalized spacial score (nSPS) is 14.6. The Balaban J connectivity index is 2.13. The first-order valence-corrected chi connectivity index (χ1v) is 5.52. The van der Waals surface area contributed by atoms with E-state index >= 15 is 0 Å². The Morgan fingerprint density at radius 2 is 2.10 bits per heavy atom. The molecule has 1 aliphatic rings. The first-order valence-electron chi connectivity index (χ1n) is 5.52. The van der Waals surface area contributed by atoms with Crippen LogP contribution in [0.2, 0.25) is 0 Å². The van der Waals surface area contributed by atoms with Gasteiger partial charge in [-0.2, -0.15) is 13.2 Å². The number of halogens is 3. The molecule has 3 rings (SSSR count). The van der Waals surface area contributed by atoms with Crippen LogP contribution in [0, 0.1) is 5.21 Å². The molecule has 0 spiro atoms. The number of nitrogens with zero attached hydrogens (tertiary/aromatic N) is 4. The van der Waals surface area contributed by atoms with Gasteiger partial charge in [0.05, 0.1) is 17.0 Å². The molecule has 2 heterocycles. The Bertz CT molecular complexity index is 753. The summed E-state index contributed by atoms with van der Waals surface area (Å²) in [5.74, 6) is 0. The van der Waals surface area contributed by atoms with Crippen LogP contribution in [0.25, 0.3) is 6.20 Å². The van der Waals surface area contributed by atoms with E-state index in [1.807, 2.05) is 0 Å². The number of aromatic nitrogens is 2. The van der Waals surface area contributed by atoms with Crippen LogP contribution in [0.4, 0.5) is 13.2 Å². The summed E-state index contributed by atoms with van der Waals surface area (Å²) in [6.45, 7) is 0. The van der Waals surface area contributed by atoms with Crippen LogP contribution in [0.3, 0.4) is 0 Å². The topological polar surface area (TPSA) is 59.2 Å². The van der Waals surface area contributed by atoms with Crippen molar-refractivity contribution in [2.24, 2.45) is 0 Å². The third-order valence-corrected chi connectivity index (χ3v) is 2.77. The van der Waals surface area contributed by atoms with Crippen LogP contribution in [0.1, 0.15) is 5.56 Å². The first-order chi connectivity index (χ1) is 9.45. The quantitative estimate of drug-likeness (QED) is 0.577. The minimum atomic E-state index is -4.49. The Labute approximate surface area is 110 Å². The summed E-state index contributed by atoms with van der Waals surface area (Å²) < 4.78 is 39.3. The summed E-state index contributed by atoms with van der Waals surface area (Å²) in [5, 5.41) is 13.4. The number of imidazole rings is 1. The molecule has 0 saturated heterocycles. The maximum absolute atomic E-state index is 12.6. The summed E-state index contributed by atoms with van der Waals surface area (Å²) in [4.78, 5) is 4.09. The van der Waals surface area contributed by atoms with Crippen LogP contribution in [0.15, 0.2) is 36.9 Å². The van der Waals surface area contributed by atoms with E-state index in [1.54, 1.807) is 6.20 Å². The molecular weight excluding hydrogens is 275 g/mol. The van der Waals surface area contributed by atoms with E-state index in [1.165, 1.54) is 34.6 Å². The van der Waals surface area contributed by atoms with E-state index in [2.05, 4.69) is 10.5 Å². The number of fused-ring (bicyclic) bond motifs is 1.